The van der Waals surface area contributed by atoms with Gasteiger partial charge in [0.05, 0.1) is 6.20 Å². The third-order valence-corrected chi connectivity index (χ3v) is 4.76. The standard InChI is InChI=1S/C10H17N3O3S/c1-13-9(2-6-11-13)17(15,16)12-8-10(3-4-10)5-7-14/h2,6,12,14H,3-5,7-8H2,1H3. The van der Waals surface area contributed by atoms with E-state index in [9.17, 15) is 8.42 Å². The molecule has 0 spiro atoms. The Labute approximate surface area is 101 Å². The van der Waals surface area contributed by atoms with Gasteiger partial charge in [0.15, 0.2) is 5.03 Å². The molecule has 0 aromatic carbocycles. The first-order chi connectivity index (χ1) is 7.99. The zero-order chi connectivity index (χ0) is 12.5. The van der Waals surface area contributed by atoms with Crippen molar-refractivity contribution in [2.24, 2.45) is 12.5 Å². The monoisotopic (exact) mass is 259 g/mol. The molecule has 0 amide bonds. The minimum atomic E-state index is -3.49. The van der Waals surface area contributed by atoms with Gasteiger partial charge in [0.25, 0.3) is 10.0 Å². The van der Waals surface area contributed by atoms with Crippen molar-refractivity contribution < 1.29 is 13.5 Å². The van der Waals surface area contributed by atoms with Gasteiger partial charge >= 0.3 is 0 Å². The zero-order valence-electron chi connectivity index (χ0n) is 9.76. The summed E-state index contributed by atoms with van der Waals surface area (Å²) in [7, 11) is -1.90. The Kier molecular flexibility index (Phi) is 3.24. The Morgan fingerprint density at radius 3 is 2.76 bits per heavy atom. The number of nitrogens with zero attached hydrogens (tertiary/aromatic N) is 2. The third-order valence-electron chi connectivity index (χ3n) is 3.29. The van der Waals surface area contributed by atoms with Crippen molar-refractivity contribution in [3.8, 4) is 0 Å². The maximum atomic E-state index is 12.0. The van der Waals surface area contributed by atoms with Crippen molar-refractivity contribution in [3.05, 3.63) is 12.3 Å². The first kappa shape index (κ1) is 12.5. The number of hydrogen-bond donors (Lipinski definition) is 2. The van der Waals surface area contributed by atoms with E-state index >= 15 is 0 Å². The van der Waals surface area contributed by atoms with Crippen molar-refractivity contribution in [1.29, 1.82) is 0 Å². The van der Waals surface area contributed by atoms with Gasteiger partial charge in [-0.3, -0.25) is 4.68 Å². The van der Waals surface area contributed by atoms with Crippen molar-refractivity contribution >= 4 is 10.0 Å². The first-order valence-electron chi connectivity index (χ1n) is 5.58. The molecule has 96 valence electrons. The van der Waals surface area contributed by atoms with E-state index in [1.54, 1.807) is 7.05 Å². The molecule has 1 aliphatic carbocycles. The van der Waals surface area contributed by atoms with Crippen LogP contribution in [0.15, 0.2) is 17.3 Å². The van der Waals surface area contributed by atoms with Gasteiger partial charge < -0.3 is 5.11 Å². The molecule has 2 N–H and O–H groups in total. The van der Waals surface area contributed by atoms with Crippen molar-refractivity contribution in [3.63, 3.8) is 0 Å². The van der Waals surface area contributed by atoms with Gasteiger partial charge in [0.2, 0.25) is 0 Å². The van der Waals surface area contributed by atoms with Gasteiger partial charge in [0.1, 0.15) is 0 Å². The lowest BCUT2D eigenvalue weighted by molar-refractivity contribution is 0.249. The van der Waals surface area contributed by atoms with Crippen molar-refractivity contribution in [2.75, 3.05) is 13.2 Å². The van der Waals surface area contributed by atoms with E-state index in [0.29, 0.717) is 13.0 Å². The number of sulfonamides is 1. The summed E-state index contributed by atoms with van der Waals surface area (Å²) in [6.07, 6.45) is 4.05. The van der Waals surface area contributed by atoms with Crippen LogP contribution in [0.1, 0.15) is 19.3 Å². The summed E-state index contributed by atoms with van der Waals surface area (Å²) in [4.78, 5) is 0. The van der Waals surface area contributed by atoms with Crippen LogP contribution in [0.3, 0.4) is 0 Å². The van der Waals surface area contributed by atoms with Crippen LogP contribution in [0.2, 0.25) is 0 Å². The van der Waals surface area contributed by atoms with Crippen LogP contribution in [-0.2, 0) is 17.1 Å². The molecule has 17 heavy (non-hydrogen) atoms. The molecule has 6 nitrogen and oxygen atoms in total. The van der Waals surface area contributed by atoms with Crippen molar-refractivity contribution in [2.45, 2.75) is 24.3 Å². The number of rotatable bonds is 6. The van der Waals surface area contributed by atoms with E-state index < -0.39 is 10.0 Å². The van der Waals surface area contributed by atoms with Crippen LogP contribution >= 0.6 is 0 Å². The van der Waals surface area contributed by atoms with Gasteiger partial charge in [-0.25, -0.2) is 13.1 Å². The Morgan fingerprint density at radius 1 is 1.59 bits per heavy atom. The van der Waals surface area contributed by atoms with Crippen LogP contribution in [0.4, 0.5) is 0 Å². The Bertz CT molecular complexity index is 491. The van der Waals surface area contributed by atoms with Crippen LogP contribution in [-0.4, -0.2) is 36.5 Å². The molecule has 0 atom stereocenters. The van der Waals surface area contributed by atoms with Crippen LogP contribution in [0, 0.1) is 5.41 Å². The van der Waals surface area contributed by atoms with Gasteiger partial charge in [-0.15, -0.1) is 0 Å². The largest absolute Gasteiger partial charge is 0.396 e. The Hall–Kier alpha value is -0.920. The van der Waals surface area contributed by atoms with Crippen LogP contribution < -0.4 is 4.72 Å². The van der Waals surface area contributed by atoms with E-state index in [2.05, 4.69) is 9.82 Å². The van der Waals surface area contributed by atoms with E-state index in [1.165, 1.54) is 16.9 Å². The van der Waals surface area contributed by atoms with Gasteiger partial charge in [-0.05, 0) is 30.7 Å². The molecule has 1 heterocycles. The number of aliphatic hydroxyl groups is 1. The van der Waals surface area contributed by atoms with E-state index in [-0.39, 0.29) is 17.0 Å². The fourth-order valence-electron chi connectivity index (χ4n) is 1.88. The molecular weight excluding hydrogens is 242 g/mol. The van der Waals surface area contributed by atoms with E-state index in [1.807, 2.05) is 0 Å². The lowest BCUT2D eigenvalue weighted by atomic mass is 10.0. The second kappa shape index (κ2) is 4.40. The van der Waals surface area contributed by atoms with E-state index in [0.717, 1.165) is 12.8 Å². The molecule has 0 bridgehead atoms. The summed E-state index contributed by atoms with van der Waals surface area (Å²) in [5.41, 5.74) is -0.0274. The summed E-state index contributed by atoms with van der Waals surface area (Å²) in [6, 6.07) is 1.47. The first-order valence-corrected chi connectivity index (χ1v) is 7.06. The molecule has 2 rings (SSSR count). The second-order valence-electron chi connectivity index (χ2n) is 4.59. The molecule has 1 saturated carbocycles. The highest BCUT2D eigenvalue weighted by atomic mass is 32.2. The minimum absolute atomic E-state index is 0.0274. The molecule has 0 radical (unpaired) electrons. The number of aliphatic hydroxyl groups excluding tert-OH is 1. The average molecular weight is 259 g/mol. The number of hydrogen-bond acceptors (Lipinski definition) is 4. The highest BCUT2D eigenvalue weighted by Crippen LogP contribution is 2.48. The Balaban J connectivity index is 2.02. The number of aromatic nitrogens is 2. The third kappa shape index (κ3) is 2.67. The number of nitrogens with one attached hydrogen (secondary N) is 1. The number of aryl methyl sites for hydroxylation is 1. The maximum absolute atomic E-state index is 12.0. The van der Waals surface area contributed by atoms with Crippen molar-refractivity contribution in [1.82, 2.24) is 14.5 Å². The molecule has 1 aliphatic rings. The van der Waals surface area contributed by atoms with E-state index in [4.69, 9.17) is 5.11 Å². The van der Waals surface area contributed by atoms with Crippen LogP contribution in [0.25, 0.3) is 0 Å². The summed E-state index contributed by atoms with van der Waals surface area (Å²) in [5.74, 6) is 0. The summed E-state index contributed by atoms with van der Waals surface area (Å²) in [5, 5.41) is 12.9. The lowest BCUT2D eigenvalue weighted by Gasteiger charge is -2.14. The summed E-state index contributed by atoms with van der Waals surface area (Å²) >= 11 is 0. The normalized spacial score (nSPS) is 18.2. The highest BCUT2D eigenvalue weighted by Gasteiger charge is 2.42. The zero-order valence-corrected chi connectivity index (χ0v) is 10.6. The molecular formula is C10H17N3O3S. The average Bonchev–Trinajstić information content (AvgIpc) is 2.89. The molecule has 0 unspecified atom stereocenters. The molecule has 0 saturated heterocycles. The van der Waals surface area contributed by atoms with Gasteiger partial charge in [-0.2, -0.15) is 5.10 Å². The Morgan fingerprint density at radius 2 is 2.29 bits per heavy atom. The smallest absolute Gasteiger partial charge is 0.257 e. The second-order valence-corrected chi connectivity index (χ2v) is 6.31. The topological polar surface area (TPSA) is 84.2 Å². The SMILES string of the molecule is Cn1nccc1S(=O)(=O)NCC1(CCO)CC1. The molecule has 0 aliphatic heterocycles. The minimum Gasteiger partial charge on any atom is -0.396 e. The fourth-order valence-corrected chi connectivity index (χ4v) is 3.16. The summed E-state index contributed by atoms with van der Waals surface area (Å²) < 4.78 is 27.8. The lowest BCUT2D eigenvalue weighted by Crippen LogP contribution is -2.32. The fraction of sp³-hybridized carbons (Fsp3) is 0.700. The predicted molar refractivity (Wildman–Crippen MR) is 61.8 cm³/mol. The molecule has 1 fully saturated rings. The summed E-state index contributed by atoms with van der Waals surface area (Å²) in [6.45, 7) is 0.495. The highest BCUT2D eigenvalue weighted by molar-refractivity contribution is 7.89. The van der Waals surface area contributed by atoms with Crippen LogP contribution in [0.5, 0.6) is 0 Å². The molecule has 1 aromatic rings. The van der Waals surface area contributed by atoms with Gasteiger partial charge in [0, 0.05) is 20.2 Å². The molecule has 7 heteroatoms. The maximum Gasteiger partial charge on any atom is 0.257 e. The predicted octanol–water partition coefficient (Wildman–Crippen LogP) is -0.139. The van der Waals surface area contributed by atoms with Gasteiger partial charge in [-0.1, -0.05) is 0 Å². The quantitative estimate of drug-likeness (QED) is 0.745. The molecule has 1 aromatic heterocycles.